The van der Waals surface area contributed by atoms with Gasteiger partial charge in [0.1, 0.15) is 5.00 Å². The quantitative estimate of drug-likeness (QED) is 0.0903. The number of hydrogen-bond acceptors (Lipinski definition) is 2. The highest BCUT2D eigenvalue weighted by Gasteiger charge is 2.42. The molecule has 1 heterocycles. The molecule has 1 aromatic heterocycles. The molecule has 0 bridgehead atoms. The molecule has 1 nitrogen and oxygen atoms in total. The molecule has 0 unspecified atom stereocenters. The Kier molecular flexibility index (Phi) is 12.2. The van der Waals surface area contributed by atoms with E-state index in [2.05, 4.69) is 174 Å². The van der Waals surface area contributed by atoms with Crippen molar-refractivity contribution in [2.75, 3.05) is 5.32 Å². The number of nitrogens with one attached hydrogen (secondary N) is 1. The summed E-state index contributed by atoms with van der Waals surface area (Å²) in [6.07, 6.45) is 15.4. The van der Waals surface area contributed by atoms with Gasteiger partial charge in [0.25, 0.3) is 0 Å². The first-order chi connectivity index (χ1) is 27.6. The second kappa shape index (κ2) is 17.8. The summed E-state index contributed by atoms with van der Waals surface area (Å²) in [5.41, 5.74) is 14.6. The summed E-state index contributed by atoms with van der Waals surface area (Å²) in [7, 11) is 0. The molecule has 0 saturated heterocycles. The highest BCUT2D eigenvalue weighted by atomic mass is 79.9. The maximum atomic E-state index is 4.06. The first kappa shape index (κ1) is 38.4. The minimum Gasteiger partial charge on any atom is -0.346 e. The van der Waals surface area contributed by atoms with Gasteiger partial charge < -0.3 is 5.32 Å². The van der Waals surface area contributed by atoms with Crippen LogP contribution < -0.4 is 5.32 Å². The predicted molar refractivity (Wildman–Crippen MR) is 249 cm³/mol. The van der Waals surface area contributed by atoms with Gasteiger partial charge >= 0.3 is 0 Å². The van der Waals surface area contributed by atoms with Gasteiger partial charge in [0.2, 0.25) is 0 Å². The molecule has 284 valence electrons. The molecule has 56 heavy (non-hydrogen) atoms. The third-order valence-corrected chi connectivity index (χ3v) is 13.5. The Morgan fingerprint density at radius 2 is 1.11 bits per heavy atom. The van der Waals surface area contributed by atoms with Gasteiger partial charge in [-0.2, -0.15) is 0 Å². The number of benzene rings is 6. The van der Waals surface area contributed by atoms with E-state index in [4.69, 9.17) is 0 Å². The van der Waals surface area contributed by atoms with Gasteiger partial charge in [-0.15, -0.1) is 11.3 Å². The highest BCUT2D eigenvalue weighted by molar-refractivity contribution is 9.10. The zero-order chi connectivity index (χ0) is 38.3. The molecule has 1 aliphatic rings. The Balaban J connectivity index is 1.26. The monoisotopic (exact) mass is 815 g/mol. The zero-order valence-electron chi connectivity index (χ0n) is 33.1. The third-order valence-electron chi connectivity index (χ3n) is 12.2. The van der Waals surface area contributed by atoms with Crippen LogP contribution in [0.1, 0.15) is 102 Å². The van der Waals surface area contributed by atoms with E-state index in [0.717, 1.165) is 5.69 Å². The molecular formula is C53H54BrNS. The van der Waals surface area contributed by atoms with Crippen LogP contribution in [-0.2, 0) is 5.41 Å². The van der Waals surface area contributed by atoms with Gasteiger partial charge in [0.05, 0.1) is 5.69 Å². The predicted octanol–water partition coefficient (Wildman–Crippen LogP) is 17.4. The van der Waals surface area contributed by atoms with E-state index in [0.29, 0.717) is 0 Å². The number of hydrogen-bond donors (Lipinski definition) is 1. The smallest absolute Gasteiger partial charge is 0.101 e. The largest absolute Gasteiger partial charge is 0.346 e. The fourth-order valence-electron chi connectivity index (χ4n) is 9.29. The molecule has 0 aliphatic heterocycles. The van der Waals surface area contributed by atoms with Gasteiger partial charge in [-0.3, -0.25) is 0 Å². The van der Waals surface area contributed by atoms with Crippen LogP contribution in [0.3, 0.4) is 0 Å². The Bertz CT molecular complexity index is 2380. The van der Waals surface area contributed by atoms with Gasteiger partial charge in [-0.05, 0) is 75.4 Å². The standard InChI is InChI=1S/C53H54BrNS/c1-3-5-7-9-19-33-53(34-20-10-8-6-4-2)48-35-41(28-31-45(48)46-32-29-42(54)36-49(46)53)47-37-56-52(50(47)40-24-15-12-16-25-40)55-51-43-26-18-17-23-39(43)27-30-44(51)38-21-13-11-14-22-38/h11-18,21-32,35-37,55H,3-10,19-20,33-34H2,1-2H3. The number of anilines is 2. The fourth-order valence-corrected chi connectivity index (χ4v) is 10.6. The van der Waals surface area contributed by atoms with Gasteiger partial charge in [-0.25, -0.2) is 0 Å². The summed E-state index contributed by atoms with van der Waals surface area (Å²) in [5.74, 6) is 0. The molecule has 8 rings (SSSR count). The van der Waals surface area contributed by atoms with Crippen molar-refractivity contribution in [3.8, 4) is 44.5 Å². The molecule has 1 N–H and O–H groups in total. The summed E-state index contributed by atoms with van der Waals surface area (Å²) in [6, 6.07) is 49.6. The number of halogens is 1. The minimum absolute atomic E-state index is 0.0143. The number of unbranched alkanes of at least 4 members (excludes halogenated alkanes) is 8. The molecule has 1 aliphatic carbocycles. The van der Waals surface area contributed by atoms with Crippen LogP contribution in [0.5, 0.6) is 0 Å². The lowest BCUT2D eigenvalue weighted by Gasteiger charge is -2.33. The van der Waals surface area contributed by atoms with Crippen molar-refractivity contribution in [2.24, 2.45) is 0 Å². The van der Waals surface area contributed by atoms with Crippen molar-refractivity contribution in [2.45, 2.75) is 96.3 Å². The Morgan fingerprint density at radius 3 is 1.80 bits per heavy atom. The lowest BCUT2D eigenvalue weighted by Crippen LogP contribution is -2.25. The molecule has 0 atom stereocenters. The second-order valence-electron chi connectivity index (χ2n) is 15.8. The number of thiophene rings is 1. The first-order valence-electron chi connectivity index (χ1n) is 21.1. The molecule has 0 spiro atoms. The van der Waals surface area contributed by atoms with Crippen molar-refractivity contribution >= 4 is 48.7 Å². The summed E-state index contributed by atoms with van der Waals surface area (Å²) >= 11 is 5.73. The summed E-state index contributed by atoms with van der Waals surface area (Å²) < 4.78 is 1.19. The average molecular weight is 817 g/mol. The Hall–Kier alpha value is -4.44. The maximum absolute atomic E-state index is 4.06. The molecule has 0 amide bonds. The number of fused-ring (bicyclic) bond motifs is 4. The van der Waals surface area contributed by atoms with E-state index in [-0.39, 0.29) is 5.41 Å². The van der Waals surface area contributed by atoms with E-state index in [1.807, 2.05) is 11.3 Å². The van der Waals surface area contributed by atoms with Crippen LogP contribution in [0.25, 0.3) is 55.3 Å². The highest BCUT2D eigenvalue weighted by Crippen LogP contribution is 2.56. The lowest BCUT2D eigenvalue weighted by atomic mass is 9.70. The lowest BCUT2D eigenvalue weighted by molar-refractivity contribution is 0.399. The van der Waals surface area contributed by atoms with Gasteiger partial charge in [0, 0.05) is 37.3 Å². The third kappa shape index (κ3) is 7.78. The van der Waals surface area contributed by atoms with Crippen LogP contribution >= 0.6 is 27.3 Å². The Labute approximate surface area is 347 Å². The van der Waals surface area contributed by atoms with Crippen molar-refractivity contribution in [3.05, 3.63) is 154 Å². The van der Waals surface area contributed by atoms with Gasteiger partial charge in [0.15, 0.2) is 0 Å². The van der Waals surface area contributed by atoms with E-state index < -0.39 is 0 Å². The van der Waals surface area contributed by atoms with Crippen LogP contribution in [-0.4, -0.2) is 0 Å². The van der Waals surface area contributed by atoms with Crippen LogP contribution in [0.4, 0.5) is 10.7 Å². The average Bonchev–Trinajstić information content (AvgIpc) is 3.77. The Morgan fingerprint density at radius 1 is 0.518 bits per heavy atom. The molecule has 3 heteroatoms. The SMILES string of the molecule is CCCCCCCC1(CCCCCCC)c2cc(Br)ccc2-c2ccc(-c3csc(Nc4c(-c5ccccc5)ccc5ccccc45)c3-c3ccccc3)cc21. The van der Waals surface area contributed by atoms with E-state index in [1.165, 1.54) is 153 Å². The van der Waals surface area contributed by atoms with Crippen molar-refractivity contribution in [3.63, 3.8) is 0 Å². The fraction of sp³-hybridized carbons (Fsp3) is 0.283. The van der Waals surface area contributed by atoms with Crippen molar-refractivity contribution in [1.29, 1.82) is 0 Å². The molecule has 7 aromatic rings. The van der Waals surface area contributed by atoms with Crippen LogP contribution in [0.15, 0.2) is 143 Å². The topological polar surface area (TPSA) is 12.0 Å². The molecular weight excluding hydrogens is 763 g/mol. The van der Waals surface area contributed by atoms with E-state index in [9.17, 15) is 0 Å². The summed E-state index contributed by atoms with van der Waals surface area (Å²) in [4.78, 5) is 0. The maximum Gasteiger partial charge on any atom is 0.101 e. The summed E-state index contributed by atoms with van der Waals surface area (Å²) in [5, 5.41) is 10.1. The molecule has 0 radical (unpaired) electrons. The number of rotatable bonds is 17. The summed E-state index contributed by atoms with van der Waals surface area (Å²) in [6.45, 7) is 4.64. The van der Waals surface area contributed by atoms with E-state index >= 15 is 0 Å². The first-order valence-corrected chi connectivity index (χ1v) is 22.7. The minimum atomic E-state index is 0.0143. The zero-order valence-corrected chi connectivity index (χ0v) is 35.5. The normalized spacial score (nSPS) is 12.8. The van der Waals surface area contributed by atoms with Gasteiger partial charge in [-0.1, -0.05) is 209 Å². The molecule has 6 aromatic carbocycles. The van der Waals surface area contributed by atoms with E-state index in [1.54, 1.807) is 0 Å². The second-order valence-corrected chi connectivity index (χ2v) is 17.6. The van der Waals surface area contributed by atoms with Crippen molar-refractivity contribution in [1.82, 2.24) is 0 Å². The van der Waals surface area contributed by atoms with Crippen molar-refractivity contribution < 1.29 is 0 Å². The van der Waals surface area contributed by atoms with Crippen LogP contribution in [0.2, 0.25) is 0 Å². The molecule has 0 fully saturated rings. The van der Waals surface area contributed by atoms with Crippen LogP contribution in [0, 0.1) is 0 Å². The molecule has 0 saturated carbocycles.